The lowest BCUT2D eigenvalue weighted by atomic mass is 10.0. The fraction of sp³-hybridized carbons (Fsp3) is 0.722. The van der Waals surface area contributed by atoms with E-state index in [9.17, 15) is 0 Å². The Hall–Kier alpha value is -1.63. The van der Waals surface area contributed by atoms with Crippen LogP contribution in [0.2, 0.25) is 0 Å². The first kappa shape index (κ1) is 18.2. The van der Waals surface area contributed by atoms with Gasteiger partial charge in [0.1, 0.15) is 11.6 Å². The first-order chi connectivity index (χ1) is 12.2. The Bertz CT molecular complexity index is 585. The SMILES string of the molecule is CNC(=S)Nc1nc(N2CCCCCC2)cc(N2CCCC[C@@H]2C)n1. The highest BCUT2D eigenvalue weighted by Gasteiger charge is 2.22. The zero-order valence-corrected chi connectivity index (χ0v) is 16.2. The molecule has 2 fully saturated rings. The number of aromatic nitrogens is 2. The van der Waals surface area contributed by atoms with Crippen molar-refractivity contribution in [3.05, 3.63) is 6.07 Å². The number of nitrogens with zero attached hydrogens (tertiary/aromatic N) is 4. The van der Waals surface area contributed by atoms with Crippen LogP contribution in [0, 0.1) is 0 Å². The summed E-state index contributed by atoms with van der Waals surface area (Å²) in [6.45, 7) is 5.50. The number of nitrogens with one attached hydrogen (secondary N) is 2. The Labute approximate surface area is 156 Å². The van der Waals surface area contributed by atoms with Gasteiger partial charge in [0.05, 0.1) is 0 Å². The van der Waals surface area contributed by atoms with Crippen molar-refractivity contribution in [2.24, 2.45) is 0 Å². The zero-order valence-electron chi connectivity index (χ0n) is 15.4. The molecular formula is C18H30N6S. The lowest BCUT2D eigenvalue weighted by Gasteiger charge is -2.35. The Kier molecular flexibility index (Phi) is 6.29. The van der Waals surface area contributed by atoms with Gasteiger partial charge in [-0.25, -0.2) is 0 Å². The van der Waals surface area contributed by atoms with Gasteiger partial charge in [-0.2, -0.15) is 9.97 Å². The number of thiocarbonyl (C=S) groups is 1. The lowest BCUT2D eigenvalue weighted by Crippen LogP contribution is -2.38. The van der Waals surface area contributed by atoms with E-state index in [0.29, 0.717) is 17.1 Å². The highest BCUT2D eigenvalue weighted by Crippen LogP contribution is 2.28. The normalized spacial score (nSPS) is 21.6. The Morgan fingerprint density at radius 3 is 2.40 bits per heavy atom. The molecule has 0 unspecified atom stereocenters. The number of hydrogen-bond donors (Lipinski definition) is 2. The highest BCUT2D eigenvalue weighted by molar-refractivity contribution is 7.80. The largest absolute Gasteiger partial charge is 0.365 e. The minimum Gasteiger partial charge on any atom is -0.365 e. The minimum atomic E-state index is 0.518. The molecule has 1 atom stereocenters. The minimum absolute atomic E-state index is 0.518. The summed E-state index contributed by atoms with van der Waals surface area (Å²) in [4.78, 5) is 14.3. The second-order valence-corrected chi connectivity index (χ2v) is 7.46. The number of hydrogen-bond acceptors (Lipinski definition) is 5. The molecule has 2 aliphatic rings. The van der Waals surface area contributed by atoms with Gasteiger partial charge in [0.15, 0.2) is 5.11 Å². The maximum absolute atomic E-state index is 5.25. The van der Waals surface area contributed by atoms with E-state index in [0.717, 1.165) is 31.3 Å². The molecule has 0 radical (unpaired) electrons. The van der Waals surface area contributed by atoms with Crippen molar-refractivity contribution in [2.45, 2.75) is 57.9 Å². The van der Waals surface area contributed by atoms with Gasteiger partial charge in [-0.05, 0) is 51.2 Å². The molecule has 0 saturated carbocycles. The predicted molar refractivity (Wildman–Crippen MR) is 109 cm³/mol. The van der Waals surface area contributed by atoms with Gasteiger partial charge in [0.2, 0.25) is 5.95 Å². The van der Waals surface area contributed by atoms with Crippen molar-refractivity contribution in [1.82, 2.24) is 15.3 Å². The third-order valence-corrected chi connectivity index (χ3v) is 5.48. The van der Waals surface area contributed by atoms with E-state index in [1.165, 1.54) is 44.9 Å². The molecule has 25 heavy (non-hydrogen) atoms. The van der Waals surface area contributed by atoms with Crippen LogP contribution in [0.15, 0.2) is 6.07 Å². The molecule has 2 aliphatic heterocycles. The van der Waals surface area contributed by atoms with E-state index in [1.54, 1.807) is 0 Å². The summed E-state index contributed by atoms with van der Waals surface area (Å²) >= 11 is 5.25. The van der Waals surface area contributed by atoms with Crippen molar-refractivity contribution in [3.8, 4) is 0 Å². The molecule has 1 aromatic heterocycles. The van der Waals surface area contributed by atoms with Gasteiger partial charge >= 0.3 is 0 Å². The molecular weight excluding hydrogens is 332 g/mol. The van der Waals surface area contributed by atoms with E-state index in [1.807, 2.05) is 7.05 Å². The van der Waals surface area contributed by atoms with Gasteiger partial charge < -0.3 is 20.4 Å². The van der Waals surface area contributed by atoms with Crippen LogP contribution in [0.1, 0.15) is 51.9 Å². The maximum atomic E-state index is 5.25. The molecule has 7 heteroatoms. The van der Waals surface area contributed by atoms with Crippen LogP contribution in [0.25, 0.3) is 0 Å². The highest BCUT2D eigenvalue weighted by atomic mass is 32.1. The van der Waals surface area contributed by atoms with Crippen LogP contribution in [0.4, 0.5) is 17.6 Å². The number of anilines is 3. The molecule has 3 rings (SSSR count). The van der Waals surface area contributed by atoms with E-state index in [-0.39, 0.29) is 0 Å². The first-order valence-electron chi connectivity index (χ1n) is 9.57. The van der Waals surface area contributed by atoms with Crippen molar-refractivity contribution < 1.29 is 0 Å². The van der Waals surface area contributed by atoms with Crippen molar-refractivity contribution in [3.63, 3.8) is 0 Å². The molecule has 0 aliphatic carbocycles. The van der Waals surface area contributed by atoms with Crippen LogP contribution in [0.5, 0.6) is 0 Å². The molecule has 2 N–H and O–H groups in total. The second-order valence-electron chi connectivity index (χ2n) is 7.05. The molecule has 0 bridgehead atoms. The average molecular weight is 363 g/mol. The quantitative estimate of drug-likeness (QED) is 0.801. The summed E-state index contributed by atoms with van der Waals surface area (Å²) in [5.74, 6) is 2.63. The molecule has 2 saturated heterocycles. The van der Waals surface area contributed by atoms with E-state index >= 15 is 0 Å². The van der Waals surface area contributed by atoms with Gasteiger partial charge in [0, 0.05) is 38.8 Å². The molecule has 138 valence electrons. The predicted octanol–water partition coefficient (Wildman–Crippen LogP) is 3.15. The standard InChI is InChI=1S/C18H30N6S/c1-14-9-5-8-12-24(14)16-13-15(23-10-6-3-4-7-11-23)20-17(21-16)22-18(25)19-2/h13-14H,3-12H2,1-2H3,(H2,19,20,21,22,25)/t14-/m0/s1. The van der Waals surface area contributed by atoms with Crippen LogP contribution in [0.3, 0.4) is 0 Å². The third-order valence-electron chi connectivity index (χ3n) is 5.18. The van der Waals surface area contributed by atoms with Crippen LogP contribution in [-0.2, 0) is 0 Å². The van der Waals surface area contributed by atoms with Gasteiger partial charge in [-0.1, -0.05) is 12.8 Å². The molecule has 1 aromatic rings. The summed E-state index contributed by atoms with van der Waals surface area (Å²) in [7, 11) is 1.81. The van der Waals surface area contributed by atoms with Crippen LogP contribution >= 0.6 is 12.2 Å². The van der Waals surface area contributed by atoms with Gasteiger partial charge in [-0.15, -0.1) is 0 Å². The Balaban J connectivity index is 1.90. The Morgan fingerprint density at radius 2 is 1.72 bits per heavy atom. The van der Waals surface area contributed by atoms with Crippen molar-refractivity contribution in [2.75, 3.05) is 41.8 Å². The van der Waals surface area contributed by atoms with E-state index < -0.39 is 0 Å². The molecule has 6 nitrogen and oxygen atoms in total. The molecule has 0 aromatic carbocycles. The molecule has 0 amide bonds. The van der Waals surface area contributed by atoms with E-state index in [2.05, 4.69) is 33.4 Å². The number of piperidine rings is 1. The summed E-state index contributed by atoms with van der Waals surface area (Å²) < 4.78 is 0. The fourth-order valence-electron chi connectivity index (χ4n) is 3.69. The van der Waals surface area contributed by atoms with Crippen molar-refractivity contribution in [1.29, 1.82) is 0 Å². The fourth-order valence-corrected chi connectivity index (χ4v) is 3.78. The molecule has 3 heterocycles. The zero-order chi connectivity index (χ0) is 17.6. The maximum Gasteiger partial charge on any atom is 0.232 e. The monoisotopic (exact) mass is 362 g/mol. The summed E-state index contributed by atoms with van der Waals surface area (Å²) in [5, 5.41) is 6.62. The van der Waals surface area contributed by atoms with Gasteiger partial charge in [-0.3, -0.25) is 0 Å². The third kappa shape index (κ3) is 4.71. The van der Waals surface area contributed by atoms with E-state index in [4.69, 9.17) is 22.2 Å². The average Bonchev–Trinajstić information content (AvgIpc) is 2.91. The number of rotatable bonds is 3. The summed E-state index contributed by atoms with van der Waals surface area (Å²) in [6.07, 6.45) is 8.84. The smallest absolute Gasteiger partial charge is 0.232 e. The van der Waals surface area contributed by atoms with Crippen LogP contribution < -0.4 is 20.4 Å². The van der Waals surface area contributed by atoms with Crippen molar-refractivity contribution >= 4 is 34.9 Å². The van der Waals surface area contributed by atoms with Gasteiger partial charge in [0.25, 0.3) is 0 Å². The topological polar surface area (TPSA) is 56.3 Å². The second kappa shape index (κ2) is 8.65. The lowest BCUT2D eigenvalue weighted by molar-refractivity contribution is 0.481. The Morgan fingerprint density at radius 1 is 1.04 bits per heavy atom. The summed E-state index contributed by atoms with van der Waals surface area (Å²) in [6, 6.07) is 2.69. The van der Waals surface area contributed by atoms with Crippen LogP contribution in [-0.4, -0.2) is 47.8 Å². The molecule has 0 spiro atoms. The first-order valence-corrected chi connectivity index (χ1v) is 9.97. The summed E-state index contributed by atoms with van der Waals surface area (Å²) in [5.41, 5.74) is 0.